The quantitative estimate of drug-likeness (QED) is 0.249. The fourth-order valence-electron chi connectivity index (χ4n) is 3.24. The molecule has 1 heterocycles. The summed E-state index contributed by atoms with van der Waals surface area (Å²) in [6.45, 7) is -4.17. The molecule has 2 atom stereocenters. The molecule has 0 saturated carbocycles. The lowest BCUT2D eigenvalue weighted by molar-refractivity contribution is -0.253. The predicted molar refractivity (Wildman–Crippen MR) is 117 cm³/mol. The maximum atomic E-state index is 13.4. The summed E-state index contributed by atoms with van der Waals surface area (Å²) < 4.78 is 129. The van der Waals surface area contributed by atoms with Gasteiger partial charge in [-0.15, -0.1) is 0 Å². The number of nitrogens with zero attached hydrogens (tertiary/aromatic N) is 1. The van der Waals surface area contributed by atoms with Gasteiger partial charge in [0, 0.05) is 18.8 Å². The number of ether oxygens (including phenoxy) is 3. The zero-order valence-corrected chi connectivity index (χ0v) is 19.4. The summed E-state index contributed by atoms with van der Waals surface area (Å²) in [6.07, 6.45) is -15.6. The molecule has 0 amide bonds. The van der Waals surface area contributed by atoms with Crippen molar-refractivity contribution < 1.29 is 58.8 Å². The van der Waals surface area contributed by atoms with Gasteiger partial charge in [-0.2, -0.15) is 39.5 Å². The van der Waals surface area contributed by atoms with E-state index >= 15 is 0 Å². The first kappa shape index (κ1) is 29.8. The Balaban J connectivity index is 1.93. The molecule has 0 saturated heterocycles. The number of pyridine rings is 1. The summed E-state index contributed by atoms with van der Waals surface area (Å²) >= 11 is 0. The fraction of sp³-hybridized carbons (Fsp3) is 0.292. The van der Waals surface area contributed by atoms with Crippen LogP contribution in [0.2, 0.25) is 0 Å². The first-order valence-electron chi connectivity index (χ1n) is 10.9. The van der Waals surface area contributed by atoms with Gasteiger partial charge in [-0.25, -0.2) is 4.98 Å². The Bertz CT molecular complexity index is 1230. The summed E-state index contributed by atoms with van der Waals surface area (Å²) in [5, 5.41) is 11.9. The minimum atomic E-state index is -4.98. The monoisotopic (exact) mass is 570 g/mol. The van der Waals surface area contributed by atoms with Crippen LogP contribution in [-0.4, -0.2) is 48.1 Å². The van der Waals surface area contributed by atoms with Gasteiger partial charge in [-0.3, -0.25) is 0 Å². The third-order valence-corrected chi connectivity index (χ3v) is 4.94. The molecule has 0 aliphatic heterocycles. The highest BCUT2D eigenvalue weighted by atomic mass is 19.4. The third-order valence-electron chi connectivity index (χ3n) is 4.94. The summed E-state index contributed by atoms with van der Waals surface area (Å²) in [7, 11) is 0. The van der Waals surface area contributed by atoms with Gasteiger partial charge in [0.2, 0.25) is 5.88 Å². The molecule has 212 valence electrons. The first-order valence-corrected chi connectivity index (χ1v) is 10.9. The van der Waals surface area contributed by atoms with Crippen LogP contribution in [0.5, 0.6) is 23.1 Å². The van der Waals surface area contributed by atoms with E-state index in [1.54, 1.807) is 0 Å². The fourth-order valence-corrected chi connectivity index (χ4v) is 3.24. The molecule has 6 nitrogen and oxygen atoms in total. The Morgan fingerprint density at radius 2 is 1.41 bits per heavy atom. The number of nitrogens with one attached hydrogen (secondary N) is 1. The topological polar surface area (TPSA) is 72.8 Å². The molecule has 1 unspecified atom stereocenters. The second-order valence-corrected chi connectivity index (χ2v) is 7.82. The Labute approximate surface area is 214 Å². The van der Waals surface area contributed by atoms with E-state index in [9.17, 15) is 44.6 Å². The van der Waals surface area contributed by atoms with E-state index in [1.807, 2.05) is 0 Å². The maximum Gasteiger partial charge on any atom is 0.461 e. The van der Waals surface area contributed by atoms with Crippen molar-refractivity contribution >= 4 is 0 Å². The Morgan fingerprint density at radius 1 is 0.821 bits per heavy atom. The van der Waals surface area contributed by atoms with Gasteiger partial charge < -0.3 is 24.6 Å². The van der Waals surface area contributed by atoms with E-state index in [0.29, 0.717) is 0 Å². The van der Waals surface area contributed by atoms with Gasteiger partial charge in [0.15, 0.2) is 6.10 Å². The minimum Gasteiger partial charge on any atom is -0.457 e. The van der Waals surface area contributed by atoms with Crippen molar-refractivity contribution in [2.24, 2.45) is 0 Å². The largest absolute Gasteiger partial charge is 0.461 e. The van der Waals surface area contributed by atoms with Crippen molar-refractivity contribution in [3.05, 3.63) is 78.0 Å². The summed E-state index contributed by atoms with van der Waals surface area (Å²) in [5.41, 5.74) is 0.207. The normalized spacial score (nSPS) is 13.8. The number of benzene rings is 2. The van der Waals surface area contributed by atoms with Gasteiger partial charge in [0.1, 0.15) is 17.2 Å². The van der Waals surface area contributed by atoms with Gasteiger partial charge in [0.25, 0.3) is 0 Å². The van der Waals surface area contributed by atoms with Gasteiger partial charge >= 0.3 is 25.3 Å². The summed E-state index contributed by atoms with van der Waals surface area (Å²) in [6, 6.07) is 11.0. The molecule has 0 radical (unpaired) electrons. The molecule has 3 rings (SSSR count). The van der Waals surface area contributed by atoms with Crippen molar-refractivity contribution in [2.45, 2.75) is 37.5 Å². The number of aliphatic hydroxyl groups is 1. The van der Waals surface area contributed by atoms with Crippen LogP contribution in [0.4, 0.5) is 39.5 Å². The van der Waals surface area contributed by atoms with Crippen molar-refractivity contribution in [1.29, 1.82) is 0 Å². The highest BCUT2D eigenvalue weighted by Gasteiger charge is 2.44. The molecule has 2 N–H and O–H groups in total. The molecule has 1 aromatic heterocycles. The van der Waals surface area contributed by atoms with Crippen LogP contribution >= 0.6 is 0 Å². The number of hydrogen-bond acceptors (Lipinski definition) is 6. The number of aromatic nitrogens is 1. The lowest BCUT2D eigenvalue weighted by atomic mass is 9.98. The number of halogens is 9. The molecule has 15 heteroatoms. The van der Waals surface area contributed by atoms with Crippen LogP contribution in [0.1, 0.15) is 17.2 Å². The van der Waals surface area contributed by atoms with Crippen LogP contribution in [0.3, 0.4) is 0 Å². The Hall–Kier alpha value is -3.72. The molecule has 39 heavy (non-hydrogen) atoms. The number of rotatable bonds is 12. The lowest BCUT2D eigenvalue weighted by Gasteiger charge is -2.24. The predicted octanol–water partition coefficient (Wildman–Crippen LogP) is 6.31. The van der Waals surface area contributed by atoms with Crippen LogP contribution in [0, 0.1) is 0 Å². The van der Waals surface area contributed by atoms with Gasteiger partial charge in [0.05, 0.1) is 6.04 Å². The SMILES string of the molecule is O[C@H](CNC(c1cccc(Oc2ccnc(OC(F)F)c2)c1)c1cccc(OC(F)(F)C(F)F)c1)C(F)(F)F. The standard InChI is InChI=1S/C24H19F9N2O4/c25-21(26)24(32,33)39-17-6-2-4-14(10-17)20(35-12-18(36)23(29,30)31)13-3-1-5-15(9-13)37-16-7-8-34-19(11-16)38-22(27)28/h1-11,18,20-22,35-36H,12H2/t18-,20?/m1/s1. The van der Waals surface area contributed by atoms with E-state index < -0.39 is 55.6 Å². The zero-order chi connectivity index (χ0) is 28.8. The molecular weight excluding hydrogens is 551 g/mol. The molecule has 0 fully saturated rings. The minimum absolute atomic E-state index is 0.0134. The van der Waals surface area contributed by atoms with Crippen molar-refractivity contribution in [2.75, 3.05) is 6.54 Å². The second-order valence-electron chi connectivity index (χ2n) is 7.82. The molecule has 0 aliphatic rings. The number of aliphatic hydroxyl groups excluding tert-OH is 1. The number of alkyl halides is 9. The highest BCUT2D eigenvalue weighted by molar-refractivity contribution is 5.41. The van der Waals surface area contributed by atoms with Crippen molar-refractivity contribution in [3.63, 3.8) is 0 Å². The van der Waals surface area contributed by atoms with Crippen LogP contribution < -0.4 is 19.5 Å². The summed E-state index contributed by atoms with van der Waals surface area (Å²) in [4.78, 5) is 3.59. The van der Waals surface area contributed by atoms with Crippen molar-refractivity contribution in [3.8, 4) is 23.1 Å². The maximum absolute atomic E-state index is 13.4. The van der Waals surface area contributed by atoms with Crippen LogP contribution in [0.15, 0.2) is 66.9 Å². The molecule has 3 aromatic rings. The van der Waals surface area contributed by atoms with Crippen LogP contribution in [-0.2, 0) is 0 Å². The first-order chi connectivity index (χ1) is 18.2. The average molecular weight is 570 g/mol. The Morgan fingerprint density at radius 3 is 2.00 bits per heavy atom. The summed E-state index contributed by atoms with van der Waals surface area (Å²) in [5.74, 6) is -1.06. The lowest BCUT2D eigenvalue weighted by Crippen LogP contribution is -2.40. The van der Waals surface area contributed by atoms with Crippen molar-refractivity contribution in [1.82, 2.24) is 10.3 Å². The smallest absolute Gasteiger partial charge is 0.457 e. The second kappa shape index (κ2) is 12.4. The third kappa shape index (κ3) is 8.64. The van der Waals surface area contributed by atoms with E-state index in [0.717, 1.165) is 30.5 Å². The van der Waals surface area contributed by atoms with Gasteiger partial charge in [-0.1, -0.05) is 24.3 Å². The van der Waals surface area contributed by atoms with E-state index in [2.05, 4.69) is 19.8 Å². The number of hydrogen-bond donors (Lipinski definition) is 2. The van der Waals surface area contributed by atoms with Gasteiger partial charge in [-0.05, 0) is 41.5 Å². The molecule has 2 aromatic carbocycles. The Kier molecular flexibility index (Phi) is 9.50. The highest BCUT2D eigenvalue weighted by Crippen LogP contribution is 2.33. The van der Waals surface area contributed by atoms with E-state index in [-0.39, 0.29) is 22.6 Å². The molecule has 0 spiro atoms. The van der Waals surface area contributed by atoms with E-state index in [4.69, 9.17) is 4.74 Å². The molecular formula is C24H19F9N2O4. The van der Waals surface area contributed by atoms with E-state index in [1.165, 1.54) is 36.4 Å². The molecule has 0 aliphatic carbocycles. The average Bonchev–Trinajstić information content (AvgIpc) is 2.83. The zero-order valence-electron chi connectivity index (χ0n) is 19.4. The molecule has 0 bridgehead atoms. The van der Waals surface area contributed by atoms with Crippen LogP contribution in [0.25, 0.3) is 0 Å².